The molecule has 118 valence electrons. The minimum atomic E-state index is -0.527. The van der Waals surface area contributed by atoms with Crippen molar-refractivity contribution in [2.75, 3.05) is 5.73 Å². The topological polar surface area (TPSA) is 53.1 Å². The van der Waals surface area contributed by atoms with Gasteiger partial charge < -0.3 is 14.7 Å². The van der Waals surface area contributed by atoms with Crippen LogP contribution >= 0.6 is 0 Å². The predicted octanol–water partition coefficient (Wildman–Crippen LogP) is 3.68. The molecule has 22 heavy (non-hydrogen) atoms. The van der Waals surface area contributed by atoms with E-state index in [9.17, 15) is 4.39 Å². The van der Waals surface area contributed by atoms with Crippen molar-refractivity contribution in [1.82, 2.24) is 9.55 Å². The first kappa shape index (κ1) is 16.7. The van der Waals surface area contributed by atoms with E-state index in [0.717, 1.165) is 5.69 Å². The Hall–Kier alpha value is -1.66. The van der Waals surface area contributed by atoms with E-state index in [2.05, 4.69) is 25.8 Å². The number of aromatic nitrogens is 2. The van der Waals surface area contributed by atoms with Crippen molar-refractivity contribution >= 4 is 15.5 Å². The Balaban J connectivity index is 2.23. The van der Waals surface area contributed by atoms with Gasteiger partial charge >= 0.3 is 0 Å². The lowest BCUT2D eigenvalue weighted by Gasteiger charge is -2.27. The molecule has 0 aliphatic carbocycles. The maximum Gasteiger partial charge on any atom is 0.237 e. The number of nitrogens with two attached hydrogens (primary N) is 1. The van der Waals surface area contributed by atoms with Gasteiger partial charge in [0.05, 0.1) is 23.3 Å². The molecule has 2 aromatic rings. The van der Waals surface area contributed by atoms with Crippen molar-refractivity contribution in [2.45, 2.75) is 45.3 Å². The van der Waals surface area contributed by atoms with Crippen molar-refractivity contribution in [3.63, 3.8) is 0 Å². The van der Waals surface area contributed by atoms with Gasteiger partial charge in [-0.05, 0) is 37.1 Å². The summed E-state index contributed by atoms with van der Waals surface area (Å²) in [6.45, 7) is 10.3. The van der Waals surface area contributed by atoms with E-state index in [1.54, 1.807) is 29.2 Å². The van der Waals surface area contributed by atoms with Gasteiger partial charge in [-0.2, -0.15) is 0 Å². The Kier molecular flexibility index (Phi) is 4.44. The molecule has 0 saturated heterocycles. The Morgan fingerprint density at radius 2 is 1.91 bits per heavy atom. The highest BCUT2D eigenvalue weighted by Gasteiger charge is 2.27. The van der Waals surface area contributed by atoms with Crippen molar-refractivity contribution in [3.8, 4) is 5.69 Å². The molecular weight excluding hydrogens is 297 g/mol. The lowest BCUT2D eigenvalue weighted by Crippen LogP contribution is -2.28. The summed E-state index contributed by atoms with van der Waals surface area (Å²) in [7, 11) is 0.350. The molecule has 0 bridgehead atoms. The average Bonchev–Trinajstić information content (AvgIpc) is 2.86. The third-order valence-electron chi connectivity index (χ3n) is 3.06. The lowest BCUT2D eigenvalue weighted by molar-refractivity contribution is 0.105. The number of rotatable bonds is 4. The van der Waals surface area contributed by atoms with Crippen LogP contribution in [0.3, 0.4) is 0 Å². The van der Waals surface area contributed by atoms with Gasteiger partial charge in [-0.3, -0.25) is 0 Å². The summed E-state index contributed by atoms with van der Waals surface area (Å²) in [6.07, 6.45) is 3.39. The smallest absolute Gasteiger partial charge is 0.237 e. The molecule has 1 aromatic heterocycles. The zero-order valence-corrected chi connectivity index (χ0v) is 14.6. The number of imidazole rings is 1. The van der Waals surface area contributed by atoms with E-state index < -0.39 is 5.60 Å². The van der Waals surface area contributed by atoms with Gasteiger partial charge in [-0.15, -0.1) is 0 Å². The SMILES string of the molecule is CC(C)(C)[Si]OC(C)(C)c1cn(-c2ccc(N)cc2F)cn1. The number of nitrogens with zero attached hydrogens (tertiary/aromatic N) is 2. The summed E-state index contributed by atoms with van der Waals surface area (Å²) < 4.78 is 21.7. The molecular formula is C16H22FN3OSi. The fraction of sp³-hybridized carbons (Fsp3) is 0.438. The molecule has 2 radical (unpaired) electrons. The zero-order chi connectivity index (χ0) is 16.5. The second-order valence-corrected chi connectivity index (χ2v) is 8.75. The molecule has 0 saturated carbocycles. The van der Waals surface area contributed by atoms with E-state index in [-0.39, 0.29) is 10.9 Å². The Labute approximate surface area is 133 Å². The maximum absolute atomic E-state index is 14.0. The van der Waals surface area contributed by atoms with Crippen molar-refractivity contribution in [1.29, 1.82) is 0 Å². The lowest BCUT2D eigenvalue weighted by atomic mass is 10.1. The quantitative estimate of drug-likeness (QED) is 0.691. The van der Waals surface area contributed by atoms with Crippen LogP contribution in [0.25, 0.3) is 5.69 Å². The zero-order valence-electron chi connectivity index (χ0n) is 13.6. The number of halogens is 1. The largest absolute Gasteiger partial charge is 0.406 e. The minimum Gasteiger partial charge on any atom is -0.406 e. The number of hydrogen-bond donors (Lipinski definition) is 1. The molecule has 1 heterocycles. The van der Waals surface area contributed by atoms with Crippen LogP contribution < -0.4 is 5.73 Å². The molecule has 4 nitrogen and oxygen atoms in total. The fourth-order valence-electron chi connectivity index (χ4n) is 1.83. The van der Waals surface area contributed by atoms with Crippen LogP contribution in [0, 0.1) is 5.82 Å². The van der Waals surface area contributed by atoms with Gasteiger partial charge in [-0.25, -0.2) is 9.37 Å². The highest BCUT2D eigenvalue weighted by atomic mass is 28.2. The van der Waals surface area contributed by atoms with Gasteiger partial charge in [-0.1, -0.05) is 20.8 Å². The second-order valence-electron chi connectivity index (χ2n) is 6.84. The van der Waals surface area contributed by atoms with E-state index in [0.29, 0.717) is 21.1 Å². The first-order valence-electron chi connectivity index (χ1n) is 7.13. The second kappa shape index (κ2) is 5.85. The summed E-state index contributed by atoms with van der Waals surface area (Å²) in [6, 6.07) is 4.61. The van der Waals surface area contributed by atoms with Crippen LogP contribution in [-0.2, 0) is 10.0 Å². The normalized spacial score (nSPS) is 12.6. The first-order valence-corrected chi connectivity index (χ1v) is 8.04. The van der Waals surface area contributed by atoms with Gasteiger partial charge in [0.15, 0.2) is 0 Å². The molecule has 6 heteroatoms. The Morgan fingerprint density at radius 1 is 1.23 bits per heavy atom. The van der Waals surface area contributed by atoms with Crippen LogP contribution in [0.5, 0.6) is 0 Å². The van der Waals surface area contributed by atoms with Gasteiger partial charge in [0.25, 0.3) is 0 Å². The van der Waals surface area contributed by atoms with Gasteiger partial charge in [0.1, 0.15) is 5.82 Å². The first-order chi connectivity index (χ1) is 10.1. The highest BCUT2D eigenvalue weighted by molar-refractivity contribution is 6.31. The van der Waals surface area contributed by atoms with E-state index in [1.165, 1.54) is 6.07 Å². The van der Waals surface area contributed by atoms with Crippen LogP contribution in [0.4, 0.5) is 10.1 Å². The van der Waals surface area contributed by atoms with Gasteiger partial charge in [0, 0.05) is 11.9 Å². The van der Waals surface area contributed by atoms with Crippen molar-refractivity contribution in [3.05, 3.63) is 42.2 Å². The number of hydrogen-bond acceptors (Lipinski definition) is 3. The third-order valence-corrected chi connectivity index (χ3v) is 4.29. The molecule has 0 aliphatic rings. The summed E-state index contributed by atoms with van der Waals surface area (Å²) in [5.41, 5.74) is 6.63. The summed E-state index contributed by atoms with van der Waals surface area (Å²) in [5.74, 6) is -0.376. The molecule has 2 N–H and O–H groups in total. The van der Waals surface area contributed by atoms with E-state index in [1.807, 2.05) is 13.8 Å². The molecule has 1 aromatic carbocycles. The van der Waals surface area contributed by atoms with Crippen LogP contribution in [-0.4, -0.2) is 19.3 Å². The molecule has 0 aliphatic heterocycles. The van der Waals surface area contributed by atoms with Crippen molar-refractivity contribution < 1.29 is 8.82 Å². The third kappa shape index (κ3) is 3.95. The minimum absolute atomic E-state index is 0.100. The fourth-order valence-corrected chi connectivity index (χ4v) is 2.50. The number of anilines is 1. The molecule has 2 rings (SSSR count). The van der Waals surface area contributed by atoms with E-state index >= 15 is 0 Å². The number of nitrogen functional groups attached to an aromatic ring is 1. The standard InChI is InChI=1S/C16H22FN3OSi/c1-15(2,3)22-21-16(4,5)14-9-20(10-19-14)13-7-6-11(18)8-12(13)17/h6-10H,18H2,1-5H3. The Morgan fingerprint density at radius 3 is 2.50 bits per heavy atom. The highest BCUT2D eigenvalue weighted by Crippen LogP contribution is 2.29. The van der Waals surface area contributed by atoms with Gasteiger partial charge in [0.2, 0.25) is 9.76 Å². The number of benzene rings is 1. The van der Waals surface area contributed by atoms with Crippen molar-refractivity contribution in [2.24, 2.45) is 0 Å². The van der Waals surface area contributed by atoms with Crippen LogP contribution in [0.2, 0.25) is 5.04 Å². The molecule has 0 unspecified atom stereocenters. The molecule has 0 fully saturated rings. The summed E-state index contributed by atoms with van der Waals surface area (Å²) >= 11 is 0. The predicted molar refractivity (Wildman–Crippen MR) is 87.5 cm³/mol. The summed E-state index contributed by atoms with van der Waals surface area (Å²) in [4.78, 5) is 4.37. The molecule has 0 amide bonds. The molecule has 0 atom stereocenters. The maximum atomic E-state index is 14.0. The van der Waals surface area contributed by atoms with E-state index in [4.69, 9.17) is 10.2 Å². The summed E-state index contributed by atoms with van der Waals surface area (Å²) in [5, 5.41) is 0.100. The molecule has 0 spiro atoms. The van der Waals surface area contributed by atoms with Crippen LogP contribution in [0.1, 0.15) is 40.3 Å². The average molecular weight is 319 g/mol. The monoisotopic (exact) mass is 319 g/mol. The Bertz CT molecular complexity index is 662. The van der Waals surface area contributed by atoms with Crippen LogP contribution in [0.15, 0.2) is 30.7 Å².